The zero-order chi connectivity index (χ0) is 17.8. The fourth-order valence-electron chi connectivity index (χ4n) is 3.93. The molecule has 1 fully saturated rings. The Morgan fingerprint density at radius 1 is 1.00 bits per heavy atom. The van der Waals surface area contributed by atoms with Crippen LogP contribution in [0.5, 0.6) is 0 Å². The molecule has 0 spiro atoms. The molecule has 2 N–H and O–H groups in total. The van der Waals surface area contributed by atoms with Gasteiger partial charge in [-0.2, -0.15) is 0 Å². The third-order valence-corrected chi connectivity index (χ3v) is 5.45. The van der Waals surface area contributed by atoms with Crippen LogP contribution in [0.2, 0.25) is 0 Å². The van der Waals surface area contributed by atoms with E-state index in [0.717, 1.165) is 54.5 Å². The lowest BCUT2D eigenvalue weighted by atomic mass is 9.80. The number of H-pyrrole nitrogens is 1. The predicted molar refractivity (Wildman–Crippen MR) is 104 cm³/mol. The SMILES string of the molecule is O=C(NCc1ccccc1)[C@H]1CC[C@@H](Cc2nc3ccccc3[nH]2)CC1. The fourth-order valence-corrected chi connectivity index (χ4v) is 3.93. The van der Waals surface area contributed by atoms with Crippen molar-refractivity contribution in [3.8, 4) is 0 Å². The normalized spacial score (nSPS) is 20.2. The largest absolute Gasteiger partial charge is 0.352 e. The number of nitrogens with one attached hydrogen (secondary N) is 2. The lowest BCUT2D eigenvalue weighted by Gasteiger charge is -2.27. The summed E-state index contributed by atoms with van der Waals surface area (Å²) in [4.78, 5) is 20.5. The van der Waals surface area contributed by atoms with Gasteiger partial charge in [0.1, 0.15) is 5.82 Å². The molecule has 1 amide bonds. The van der Waals surface area contributed by atoms with Gasteiger partial charge in [0.05, 0.1) is 11.0 Å². The summed E-state index contributed by atoms with van der Waals surface area (Å²) in [6, 6.07) is 18.3. The van der Waals surface area contributed by atoms with Crippen LogP contribution >= 0.6 is 0 Å². The first-order chi connectivity index (χ1) is 12.8. The summed E-state index contributed by atoms with van der Waals surface area (Å²) in [5, 5.41) is 3.09. The van der Waals surface area contributed by atoms with Gasteiger partial charge >= 0.3 is 0 Å². The van der Waals surface area contributed by atoms with Crippen LogP contribution in [-0.4, -0.2) is 15.9 Å². The number of carbonyl (C=O) groups excluding carboxylic acids is 1. The number of aromatic amines is 1. The van der Waals surface area contributed by atoms with E-state index in [0.29, 0.717) is 12.5 Å². The van der Waals surface area contributed by atoms with Crippen LogP contribution in [0.1, 0.15) is 37.1 Å². The molecule has 1 aromatic heterocycles. The highest BCUT2D eigenvalue weighted by atomic mass is 16.1. The van der Waals surface area contributed by atoms with E-state index in [1.165, 1.54) is 0 Å². The van der Waals surface area contributed by atoms with Gasteiger partial charge in [0.2, 0.25) is 5.91 Å². The Hall–Kier alpha value is -2.62. The van der Waals surface area contributed by atoms with Crippen molar-refractivity contribution >= 4 is 16.9 Å². The van der Waals surface area contributed by atoms with Crippen LogP contribution < -0.4 is 5.32 Å². The highest BCUT2D eigenvalue weighted by Crippen LogP contribution is 2.31. The lowest BCUT2D eigenvalue weighted by Crippen LogP contribution is -2.33. The summed E-state index contributed by atoms with van der Waals surface area (Å²) in [5.74, 6) is 2.05. The van der Waals surface area contributed by atoms with Gasteiger partial charge in [-0.1, -0.05) is 42.5 Å². The minimum absolute atomic E-state index is 0.158. The van der Waals surface area contributed by atoms with E-state index >= 15 is 0 Å². The van der Waals surface area contributed by atoms with Gasteiger partial charge in [0.25, 0.3) is 0 Å². The molecule has 0 atom stereocenters. The predicted octanol–water partition coefficient (Wildman–Crippen LogP) is 4.23. The Balaban J connectivity index is 1.26. The summed E-state index contributed by atoms with van der Waals surface area (Å²) >= 11 is 0. The molecule has 0 saturated heterocycles. The Morgan fingerprint density at radius 2 is 1.73 bits per heavy atom. The molecule has 2 aromatic carbocycles. The van der Waals surface area contributed by atoms with Crippen LogP contribution in [0.15, 0.2) is 54.6 Å². The molecule has 1 aliphatic carbocycles. The maximum absolute atomic E-state index is 12.4. The monoisotopic (exact) mass is 347 g/mol. The number of para-hydroxylation sites is 2. The van der Waals surface area contributed by atoms with Crippen LogP contribution in [0.25, 0.3) is 11.0 Å². The fraction of sp³-hybridized carbons (Fsp3) is 0.364. The second-order valence-electron chi connectivity index (χ2n) is 7.33. The van der Waals surface area contributed by atoms with E-state index in [9.17, 15) is 4.79 Å². The molecule has 1 aliphatic rings. The van der Waals surface area contributed by atoms with Crippen molar-refractivity contribution in [2.24, 2.45) is 11.8 Å². The van der Waals surface area contributed by atoms with Crippen molar-refractivity contribution in [2.45, 2.75) is 38.6 Å². The summed E-state index contributed by atoms with van der Waals surface area (Å²) in [7, 11) is 0. The van der Waals surface area contributed by atoms with E-state index in [2.05, 4.69) is 21.4 Å². The van der Waals surface area contributed by atoms with E-state index in [1.807, 2.05) is 48.5 Å². The van der Waals surface area contributed by atoms with Crippen molar-refractivity contribution in [2.75, 3.05) is 0 Å². The Morgan fingerprint density at radius 3 is 2.50 bits per heavy atom. The minimum Gasteiger partial charge on any atom is -0.352 e. The molecule has 1 heterocycles. The Bertz CT molecular complexity index is 830. The number of benzene rings is 2. The third kappa shape index (κ3) is 3.96. The number of aromatic nitrogens is 2. The first-order valence-corrected chi connectivity index (χ1v) is 9.53. The summed E-state index contributed by atoms with van der Waals surface area (Å²) in [6.07, 6.45) is 5.13. The van der Waals surface area contributed by atoms with Gasteiger partial charge in [0.15, 0.2) is 0 Å². The van der Waals surface area contributed by atoms with Crippen molar-refractivity contribution in [3.63, 3.8) is 0 Å². The molecule has 26 heavy (non-hydrogen) atoms. The van der Waals surface area contributed by atoms with Crippen molar-refractivity contribution in [1.29, 1.82) is 0 Å². The van der Waals surface area contributed by atoms with Crippen LogP contribution in [-0.2, 0) is 17.8 Å². The average molecular weight is 347 g/mol. The second-order valence-corrected chi connectivity index (χ2v) is 7.33. The number of hydrogen-bond acceptors (Lipinski definition) is 2. The quantitative estimate of drug-likeness (QED) is 0.726. The second kappa shape index (κ2) is 7.73. The van der Waals surface area contributed by atoms with Crippen molar-refractivity contribution in [1.82, 2.24) is 15.3 Å². The van der Waals surface area contributed by atoms with Gasteiger partial charge < -0.3 is 10.3 Å². The van der Waals surface area contributed by atoms with Crippen LogP contribution in [0.3, 0.4) is 0 Å². The molecule has 134 valence electrons. The number of nitrogens with zero attached hydrogens (tertiary/aromatic N) is 1. The molecule has 0 radical (unpaired) electrons. The topological polar surface area (TPSA) is 57.8 Å². The molecule has 0 unspecified atom stereocenters. The van der Waals surface area contributed by atoms with Gasteiger partial charge in [-0.05, 0) is 49.3 Å². The Kier molecular flexibility index (Phi) is 5.00. The molecule has 3 aromatic rings. The summed E-state index contributed by atoms with van der Waals surface area (Å²) < 4.78 is 0. The average Bonchev–Trinajstić information content (AvgIpc) is 3.10. The van der Waals surface area contributed by atoms with E-state index < -0.39 is 0 Å². The van der Waals surface area contributed by atoms with Crippen LogP contribution in [0, 0.1) is 11.8 Å². The van der Waals surface area contributed by atoms with Crippen molar-refractivity contribution in [3.05, 3.63) is 66.0 Å². The molecular weight excluding hydrogens is 322 g/mol. The van der Waals surface area contributed by atoms with Gasteiger partial charge in [0, 0.05) is 18.9 Å². The maximum Gasteiger partial charge on any atom is 0.223 e. The highest BCUT2D eigenvalue weighted by Gasteiger charge is 2.26. The summed E-state index contributed by atoms with van der Waals surface area (Å²) in [6.45, 7) is 0.624. The smallest absolute Gasteiger partial charge is 0.223 e. The number of hydrogen-bond donors (Lipinski definition) is 2. The van der Waals surface area contributed by atoms with Gasteiger partial charge in [-0.3, -0.25) is 4.79 Å². The third-order valence-electron chi connectivity index (χ3n) is 5.45. The molecule has 0 aliphatic heterocycles. The molecule has 4 heteroatoms. The number of imidazole rings is 1. The number of fused-ring (bicyclic) bond motifs is 1. The van der Waals surface area contributed by atoms with E-state index in [1.54, 1.807) is 0 Å². The molecule has 1 saturated carbocycles. The summed E-state index contributed by atoms with van der Waals surface area (Å²) in [5.41, 5.74) is 3.30. The highest BCUT2D eigenvalue weighted by molar-refractivity contribution is 5.78. The lowest BCUT2D eigenvalue weighted by molar-refractivity contribution is -0.126. The standard InChI is InChI=1S/C22H25N3O/c26-22(23-15-17-6-2-1-3-7-17)18-12-10-16(11-13-18)14-21-24-19-8-4-5-9-20(19)25-21/h1-9,16,18H,10-15H2,(H,23,26)(H,24,25)/t16-,18+. The van der Waals surface area contributed by atoms with Crippen LogP contribution in [0.4, 0.5) is 0 Å². The molecule has 0 bridgehead atoms. The Labute approximate surface area is 154 Å². The molecule has 4 rings (SSSR count). The number of rotatable bonds is 5. The van der Waals surface area contributed by atoms with Gasteiger partial charge in [-0.25, -0.2) is 4.98 Å². The van der Waals surface area contributed by atoms with E-state index in [4.69, 9.17) is 0 Å². The molecular formula is C22H25N3O. The zero-order valence-corrected chi connectivity index (χ0v) is 14.9. The van der Waals surface area contributed by atoms with Gasteiger partial charge in [-0.15, -0.1) is 0 Å². The maximum atomic E-state index is 12.4. The first-order valence-electron chi connectivity index (χ1n) is 9.53. The zero-order valence-electron chi connectivity index (χ0n) is 14.9. The molecule has 4 nitrogen and oxygen atoms in total. The minimum atomic E-state index is 0.158. The first kappa shape index (κ1) is 16.8. The number of amides is 1. The van der Waals surface area contributed by atoms with E-state index in [-0.39, 0.29) is 11.8 Å². The number of carbonyl (C=O) groups is 1. The van der Waals surface area contributed by atoms with Crippen molar-refractivity contribution < 1.29 is 4.79 Å².